The van der Waals surface area contributed by atoms with E-state index < -0.39 is 91.4 Å². The molecule has 0 saturated carbocycles. The van der Waals surface area contributed by atoms with Crippen molar-refractivity contribution in [2.45, 2.75) is 60.2 Å². The van der Waals surface area contributed by atoms with Crippen LogP contribution in [0.3, 0.4) is 0 Å². The average molecular weight is 1780 g/mol. The number of imide groups is 4. The van der Waals surface area contributed by atoms with E-state index in [0.717, 1.165) is 33.4 Å². The number of benzene rings is 7. The van der Waals surface area contributed by atoms with Crippen LogP contribution in [0.1, 0.15) is 113 Å². The Balaban J connectivity index is 0.000000132. The monoisotopic (exact) mass is 1780 g/mol. The largest absolute Gasteiger partial charge is 0.497 e. The predicted octanol–water partition coefficient (Wildman–Crippen LogP) is 3.12. The molecule has 9 aliphatic rings. The van der Waals surface area contributed by atoms with Crippen molar-refractivity contribution in [3.8, 4) is 81.1 Å². The molecule has 9 aliphatic heterocycles. The lowest BCUT2D eigenvalue weighted by molar-refractivity contribution is -0.123. The summed E-state index contributed by atoms with van der Waals surface area (Å²) in [4.78, 5) is 194. The fraction of sp³-hybridized carbons (Fsp3) is 0.213. The standard InChI is InChI=1S/C23H16N4O6.C23H19N3O5.C22H19N3O6S.C21H17N7O4S/c1-33-14-4-3-13-10-27(20(30)16(13)9-14)11-23(21(31)25-22(32)26-23)7-6-12-2-5-15-17(8-12)24-19(29)18(15)28;1-14(27)16-5-3-15(4-6-16)9-10-23(21(29)24-22(30)25-23)13-26-12-17-7-8-18(31-2)11-19(17)20(26)28;1-31-16-6-5-15-12-25(19(26)18(15)11-16)13-22(20(27)23-21(28)24-22)10-9-14-3-7-17(8-4-14)32(2,29)30;1-27-25-17(24-26-27)16-6-5-14(33-16)7-8-21(19(30)22-20(31)23-21)11-28-10-12-3-4-13(32-2)9-15(12)18(28)29/h2-5,8-9H,10-11H2,1H3,(H,24,28,29)(H2,25,26,31,32);3-8,11H,12-13H2,1-2H3,(H2,24,25,29,30);3-8,11H,12-13H2,1-2H3,(H2,23,24,27,28);3-6,9H,10-11H2,1-2H3,(H2,22,23,30,31)/t2*23-;22-;21-/m1111/s1. The molecular formula is C89H71N17O21S2. The van der Waals surface area contributed by atoms with Crippen molar-refractivity contribution < 1.29 is 99.3 Å². The van der Waals surface area contributed by atoms with E-state index in [9.17, 15) is 80.3 Å². The smallest absolute Gasteiger partial charge is 0.323 e. The van der Waals surface area contributed by atoms with Crippen LogP contribution in [-0.2, 0) is 67.0 Å². The number of nitrogens with zero attached hydrogens (tertiary/aromatic N) is 8. The molecule has 9 aromatic rings. The summed E-state index contributed by atoms with van der Waals surface area (Å²) in [5, 5.41) is 33.4. The van der Waals surface area contributed by atoms with Crippen LogP contribution in [0.25, 0.3) is 10.7 Å². The van der Waals surface area contributed by atoms with Crippen LogP contribution >= 0.6 is 11.3 Å². The molecule has 9 N–H and O–H groups in total. The Labute approximate surface area is 736 Å². The second-order valence-electron chi connectivity index (χ2n) is 30.2. The number of hydrogen-bond donors (Lipinski definition) is 9. The lowest BCUT2D eigenvalue weighted by atomic mass is 9.98. The molecule has 2 aromatic heterocycles. The van der Waals surface area contributed by atoms with Crippen molar-refractivity contribution in [1.29, 1.82) is 0 Å². The van der Waals surface area contributed by atoms with Crippen LogP contribution in [0, 0.1) is 47.4 Å². The van der Waals surface area contributed by atoms with Crippen molar-refractivity contribution in [1.82, 2.24) is 82.3 Å². The fourth-order valence-electron chi connectivity index (χ4n) is 14.9. The highest BCUT2D eigenvalue weighted by Gasteiger charge is 2.53. The lowest BCUT2D eigenvalue weighted by Gasteiger charge is -2.26. The second kappa shape index (κ2) is 34.7. The number of ketones is 2. The van der Waals surface area contributed by atoms with Gasteiger partial charge in [0.05, 0.1) is 87.6 Å². The van der Waals surface area contributed by atoms with Gasteiger partial charge in [0.15, 0.2) is 15.6 Å². The summed E-state index contributed by atoms with van der Waals surface area (Å²) >= 11 is 1.33. The first-order chi connectivity index (χ1) is 61.6. The average Bonchev–Trinajstić information content (AvgIpc) is 1.63. The number of methoxy groups -OCH3 is 4. The summed E-state index contributed by atoms with van der Waals surface area (Å²) in [6.45, 7) is 2.02. The first-order valence-corrected chi connectivity index (χ1v) is 41.6. The number of thiophene rings is 1. The first kappa shape index (κ1) is 87.1. The van der Waals surface area contributed by atoms with E-state index in [4.69, 9.17) is 18.9 Å². The number of nitrogens with one attached hydrogen (secondary N) is 9. The van der Waals surface area contributed by atoms with Gasteiger partial charge in [-0.3, -0.25) is 74.0 Å². The number of Topliss-reactive ketones (excluding diaryl/α,β-unsaturated/α-hetero) is 2. The molecule has 17 amide bonds. The molecule has 40 heteroatoms. The number of amides is 17. The maximum atomic E-state index is 13.0. The topological polar surface area (TPSA) is 492 Å². The number of aryl methyl sites for hydroxylation is 1. The zero-order valence-electron chi connectivity index (χ0n) is 69.1. The maximum absolute atomic E-state index is 13.0. The molecule has 0 aliphatic carbocycles. The van der Waals surface area contributed by atoms with Gasteiger partial charge in [-0.05, 0) is 150 Å². The van der Waals surface area contributed by atoms with Crippen molar-refractivity contribution in [2.75, 3.05) is 66.2 Å². The molecule has 4 saturated heterocycles. The van der Waals surface area contributed by atoms with E-state index in [0.29, 0.717) is 90.4 Å². The molecule has 38 nitrogen and oxygen atoms in total. The van der Waals surface area contributed by atoms with E-state index in [2.05, 4.69) is 111 Å². The van der Waals surface area contributed by atoms with Crippen LogP contribution in [0.15, 0.2) is 157 Å². The minimum Gasteiger partial charge on any atom is -0.497 e. The van der Waals surface area contributed by atoms with Crippen molar-refractivity contribution in [3.63, 3.8) is 0 Å². The molecule has 7 aromatic carbocycles. The summed E-state index contributed by atoms with van der Waals surface area (Å²) in [6, 6.07) is 38.6. The first-order valence-electron chi connectivity index (χ1n) is 38.9. The predicted molar refractivity (Wildman–Crippen MR) is 454 cm³/mol. The zero-order chi connectivity index (χ0) is 91.8. The van der Waals surface area contributed by atoms with Crippen LogP contribution in [0.5, 0.6) is 23.0 Å². The number of sulfone groups is 1. The number of carbonyl (C=O) groups excluding carboxylic acids is 15. The normalized spacial score (nSPS) is 19.7. The molecule has 0 bridgehead atoms. The van der Waals surface area contributed by atoms with E-state index >= 15 is 0 Å². The number of tetrazole rings is 1. The van der Waals surface area contributed by atoms with E-state index in [1.165, 1.54) is 114 Å². The molecule has 18 rings (SSSR count). The Morgan fingerprint density at radius 1 is 0.426 bits per heavy atom. The summed E-state index contributed by atoms with van der Waals surface area (Å²) in [5.74, 6) is 20.3. The van der Waals surface area contributed by atoms with Gasteiger partial charge in [-0.1, -0.05) is 83.8 Å². The van der Waals surface area contributed by atoms with Crippen molar-refractivity contribution in [3.05, 3.63) is 229 Å². The molecular weight excluding hydrogens is 1710 g/mol. The van der Waals surface area contributed by atoms with Gasteiger partial charge < -0.3 is 65.1 Å². The van der Waals surface area contributed by atoms with Gasteiger partial charge in [0.2, 0.25) is 28.0 Å². The van der Waals surface area contributed by atoms with Crippen LogP contribution in [-0.4, -0.2) is 220 Å². The van der Waals surface area contributed by atoms with Gasteiger partial charge in [0.25, 0.3) is 58.9 Å². The van der Waals surface area contributed by atoms with Crippen LogP contribution < -0.4 is 66.8 Å². The van der Waals surface area contributed by atoms with Crippen molar-refractivity contribution >= 4 is 116 Å². The summed E-state index contributed by atoms with van der Waals surface area (Å²) in [6.07, 6.45) is 1.10. The summed E-state index contributed by atoms with van der Waals surface area (Å²) < 4.78 is 44.0. The lowest BCUT2D eigenvalue weighted by Crippen LogP contribution is -2.54. The number of hydrogen-bond acceptors (Lipinski definition) is 25. The Morgan fingerprint density at radius 2 is 0.775 bits per heavy atom. The molecule has 0 radical (unpaired) electrons. The molecule has 4 atom stereocenters. The molecule has 11 heterocycles. The van der Waals surface area contributed by atoms with E-state index in [-0.39, 0.29) is 85.7 Å². The summed E-state index contributed by atoms with van der Waals surface area (Å²) in [7, 11) is 4.37. The van der Waals surface area contributed by atoms with E-state index in [1.807, 2.05) is 6.07 Å². The minimum absolute atomic E-state index is 0.0674. The van der Waals surface area contributed by atoms with Gasteiger partial charge in [-0.2, -0.15) is 4.80 Å². The quantitative estimate of drug-likeness (QED) is 0.0308. The highest BCUT2D eigenvalue weighted by Crippen LogP contribution is 2.35. The van der Waals surface area contributed by atoms with Gasteiger partial charge in [0.1, 0.15) is 23.0 Å². The molecule has 0 unspecified atom stereocenters. The Bertz CT molecular complexity index is 6820. The van der Waals surface area contributed by atoms with E-state index in [1.54, 1.807) is 110 Å². The van der Waals surface area contributed by atoms with Gasteiger partial charge in [-0.15, -0.1) is 21.5 Å². The zero-order valence-corrected chi connectivity index (χ0v) is 70.7. The number of carbonyl (C=O) groups is 15. The minimum atomic E-state index is -3.35. The molecule has 129 heavy (non-hydrogen) atoms. The highest BCUT2D eigenvalue weighted by molar-refractivity contribution is 7.90. The number of rotatable bonds is 15. The molecule has 0 spiro atoms. The van der Waals surface area contributed by atoms with Crippen LogP contribution in [0.2, 0.25) is 0 Å². The summed E-state index contributed by atoms with van der Waals surface area (Å²) in [5.41, 5.74) is 1.15. The Kier molecular flexibility index (Phi) is 23.4. The Morgan fingerprint density at radius 3 is 1.10 bits per heavy atom. The van der Waals surface area contributed by atoms with Gasteiger partial charge >= 0.3 is 24.1 Å². The number of ether oxygens (including phenoxy) is 4. The third-order valence-corrected chi connectivity index (χ3v) is 23.7. The number of urea groups is 4. The van der Waals surface area contributed by atoms with Crippen LogP contribution in [0.4, 0.5) is 24.9 Å². The third-order valence-electron chi connectivity index (χ3n) is 21.5. The van der Waals surface area contributed by atoms with Gasteiger partial charge in [-0.25, -0.2) is 27.6 Å². The number of aromatic nitrogens is 4. The third kappa shape index (κ3) is 17.9. The van der Waals surface area contributed by atoms with Crippen molar-refractivity contribution in [2.24, 2.45) is 7.05 Å². The fourth-order valence-corrected chi connectivity index (χ4v) is 16.3. The second-order valence-corrected chi connectivity index (χ2v) is 33.3. The number of fused-ring (bicyclic) bond motifs is 5. The highest BCUT2D eigenvalue weighted by atomic mass is 32.2. The Hall–Kier alpha value is -16.9. The molecule has 4 fully saturated rings. The molecule has 650 valence electrons. The maximum Gasteiger partial charge on any atom is 0.323 e. The SMILES string of the molecule is COc1ccc2c(c1)C(=O)N(C[C@@]1(C#Cc3ccc(-c4nnn(C)n4)s3)NC(=O)NC1=O)C2.COc1ccc2c(c1)C(=O)N(C[C@@]1(C#Cc3ccc(C(C)=O)cc3)NC(=O)NC1=O)C2.COc1ccc2c(c1)C(=O)N(C[C@@]1(C#Cc3ccc(S(C)(=O)=O)cc3)NC(=O)NC1=O)C2.COc1ccc2c(c1)C(=O)N(C[C@@]1(C#Cc3ccc4c(c3)NC(=O)C4=O)NC(=O)NC1=O)C2. The van der Waals surface area contributed by atoms with Gasteiger partial charge in [0, 0.05) is 76.9 Å². The number of anilines is 1.